The number of hydrogen-bond acceptors (Lipinski definition) is 1. The third-order valence-electron chi connectivity index (χ3n) is 2.90. The Morgan fingerprint density at radius 2 is 2.11 bits per heavy atom. The van der Waals surface area contributed by atoms with Crippen LogP contribution in [0.2, 0.25) is 0 Å². The molecule has 1 aromatic heterocycles. The SMILES string of the molecule is CN(Cc1ccccc1F)C(=O)c1cc(Br)cn1C. The molecule has 0 fully saturated rings. The highest BCUT2D eigenvalue weighted by Gasteiger charge is 2.17. The third kappa shape index (κ3) is 3.04. The summed E-state index contributed by atoms with van der Waals surface area (Å²) in [6.07, 6.45) is 1.81. The molecule has 0 saturated heterocycles. The van der Waals surface area contributed by atoms with E-state index >= 15 is 0 Å². The molecule has 0 radical (unpaired) electrons. The first-order valence-corrected chi connectivity index (χ1v) is 6.59. The van der Waals surface area contributed by atoms with E-state index < -0.39 is 0 Å². The molecule has 0 bridgehead atoms. The predicted molar refractivity (Wildman–Crippen MR) is 75.3 cm³/mol. The van der Waals surface area contributed by atoms with Gasteiger partial charge in [-0.25, -0.2) is 4.39 Å². The monoisotopic (exact) mass is 324 g/mol. The first-order valence-electron chi connectivity index (χ1n) is 5.80. The highest BCUT2D eigenvalue weighted by molar-refractivity contribution is 9.10. The summed E-state index contributed by atoms with van der Waals surface area (Å²) in [6, 6.07) is 8.22. The molecule has 2 rings (SSSR count). The van der Waals surface area contributed by atoms with Crippen molar-refractivity contribution >= 4 is 21.8 Å². The zero-order valence-electron chi connectivity index (χ0n) is 10.7. The molecule has 5 heteroatoms. The highest BCUT2D eigenvalue weighted by Crippen LogP contribution is 2.16. The largest absolute Gasteiger partial charge is 0.345 e. The van der Waals surface area contributed by atoms with Gasteiger partial charge in [-0.3, -0.25) is 4.79 Å². The van der Waals surface area contributed by atoms with E-state index in [2.05, 4.69) is 15.9 Å². The summed E-state index contributed by atoms with van der Waals surface area (Å²) >= 11 is 3.33. The first-order chi connectivity index (χ1) is 8.99. The molecule has 19 heavy (non-hydrogen) atoms. The number of carbonyl (C=O) groups is 1. The summed E-state index contributed by atoms with van der Waals surface area (Å²) in [6.45, 7) is 0.244. The lowest BCUT2D eigenvalue weighted by atomic mass is 10.2. The van der Waals surface area contributed by atoms with Crippen LogP contribution in [0, 0.1) is 5.82 Å². The van der Waals surface area contributed by atoms with Gasteiger partial charge in [0.05, 0.1) is 0 Å². The van der Waals surface area contributed by atoms with Gasteiger partial charge in [0.25, 0.3) is 5.91 Å². The molecular formula is C14H14BrFN2O. The van der Waals surface area contributed by atoms with Crippen molar-refractivity contribution in [2.45, 2.75) is 6.54 Å². The van der Waals surface area contributed by atoms with E-state index in [9.17, 15) is 9.18 Å². The van der Waals surface area contributed by atoms with E-state index in [1.54, 1.807) is 42.9 Å². The Morgan fingerprint density at radius 3 is 2.68 bits per heavy atom. The molecule has 3 nitrogen and oxygen atoms in total. The van der Waals surface area contributed by atoms with Crippen LogP contribution in [0.3, 0.4) is 0 Å². The van der Waals surface area contributed by atoms with Gasteiger partial charge in [0.1, 0.15) is 11.5 Å². The van der Waals surface area contributed by atoms with Crippen molar-refractivity contribution in [3.63, 3.8) is 0 Å². The fraction of sp³-hybridized carbons (Fsp3) is 0.214. The molecule has 0 spiro atoms. The van der Waals surface area contributed by atoms with Gasteiger partial charge in [0.15, 0.2) is 0 Å². The van der Waals surface area contributed by atoms with Crippen molar-refractivity contribution < 1.29 is 9.18 Å². The van der Waals surface area contributed by atoms with E-state index in [0.29, 0.717) is 11.3 Å². The molecule has 1 heterocycles. The van der Waals surface area contributed by atoms with E-state index in [1.165, 1.54) is 11.0 Å². The third-order valence-corrected chi connectivity index (χ3v) is 3.34. The normalized spacial score (nSPS) is 10.5. The molecule has 0 aliphatic heterocycles. The zero-order chi connectivity index (χ0) is 14.0. The van der Waals surface area contributed by atoms with Crippen LogP contribution >= 0.6 is 15.9 Å². The molecule has 0 aliphatic carbocycles. The molecule has 1 amide bonds. The molecule has 1 aromatic carbocycles. The van der Waals surface area contributed by atoms with Crippen LogP contribution < -0.4 is 0 Å². The Bertz CT molecular complexity index is 609. The Kier molecular flexibility index (Phi) is 4.04. The van der Waals surface area contributed by atoms with Crippen molar-refractivity contribution in [1.82, 2.24) is 9.47 Å². The van der Waals surface area contributed by atoms with Crippen molar-refractivity contribution in [3.8, 4) is 0 Å². The first kappa shape index (κ1) is 13.8. The number of amides is 1. The summed E-state index contributed by atoms with van der Waals surface area (Å²) in [5, 5.41) is 0. The van der Waals surface area contributed by atoms with Crippen LogP contribution in [-0.4, -0.2) is 22.4 Å². The van der Waals surface area contributed by atoms with Gasteiger partial charge in [-0.15, -0.1) is 0 Å². The summed E-state index contributed by atoms with van der Waals surface area (Å²) in [4.78, 5) is 13.8. The predicted octanol–water partition coefficient (Wildman–Crippen LogP) is 3.20. The lowest BCUT2D eigenvalue weighted by molar-refractivity contribution is 0.0774. The maximum atomic E-state index is 13.5. The summed E-state index contributed by atoms with van der Waals surface area (Å²) in [5.41, 5.74) is 1.07. The van der Waals surface area contributed by atoms with E-state index in [1.807, 2.05) is 6.20 Å². The summed E-state index contributed by atoms with van der Waals surface area (Å²) in [7, 11) is 3.46. The van der Waals surface area contributed by atoms with Crippen LogP contribution in [0.5, 0.6) is 0 Å². The van der Waals surface area contributed by atoms with E-state index in [-0.39, 0.29) is 18.3 Å². The molecule has 100 valence electrons. The van der Waals surface area contributed by atoms with Crippen molar-refractivity contribution in [2.75, 3.05) is 7.05 Å². The molecule has 0 aliphatic rings. The number of hydrogen-bond donors (Lipinski definition) is 0. The fourth-order valence-corrected chi connectivity index (χ4v) is 2.41. The molecule has 0 saturated carbocycles. The second kappa shape index (κ2) is 5.57. The second-order valence-electron chi connectivity index (χ2n) is 4.41. The fourth-order valence-electron chi connectivity index (χ4n) is 1.89. The van der Waals surface area contributed by atoms with Gasteiger partial charge in [-0.05, 0) is 28.1 Å². The van der Waals surface area contributed by atoms with Gasteiger partial charge in [-0.2, -0.15) is 0 Å². The van der Waals surface area contributed by atoms with Crippen LogP contribution in [0.4, 0.5) is 4.39 Å². The minimum absolute atomic E-state index is 0.142. The summed E-state index contributed by atoms with van der Waals surface area (Å²) < 4.78 is 16.1. The van der Waals surface area contributed by atoms with Crippen molar-refractivity contribution in [3.05, 3.63) is 58.1 Å². The second-order valence-corrected chi connectivity index (χ2v) is 5.32. The number of aryl methyl sites for hydroxylation is 1. The minimum Gasteiger partial charge on any atom is -0.345 e. The van der Waals surface area contributed by atoms with Gasteiger partial charge in [-0.1, -0.05) is 18.2 Å². The van der Waals surface area contributed by atoms with Gasteiger partial charge >= 0.3 is 0 Å². The number of nitrogens with zero attached hydrogens (tertiary/aromatic N) is 2. The van der Waals surface area contributed by atoms with E-state index in [4.69, 9.17) is 0 Å². The van der Waals surface area contributed by atoms with Gasteiger partial charge in [0.2, 0.25) is 0 Å². The quantitative estimate of drug-likeness (QED) is 0.851. The Morgan fingerprint density at radius 1 is 1.42 bits per heavy atom. The Balaban J connectivity index is 2.16. The smallest absolute Gasteiger partial charge is 0.270 e. The molecule has 0 unspecified atom stereocenters. The number of benzene rings is 1. The standard InChI is InChI=1S/C14H14BrFN2O/c1-17-9-11(15)7-13(17)14(19)18(2)8-10-5-3-4-6-12(10)16/h3-7,9H,8H2,1-2H3. The van der Waals surface area contributed by atoms with Crippen LogP contribution in [0.25, 0.3) is 0 Å². The summed E-state index contributed by atoms with van der Waals surface area (Å²) in [5.74, 6) is -0.438. The van der Waals surface area contributed by atoms with Gasteiger partial charge < -0.3 is 9.47 Å². The van der Waals surface area contributed by atoms with Crippen LogP contribution in [-0.2, 0) is 13.6 Å². The average Bonchev–Trinajstić information content (AvgIpc) is 2.70. The molecule has 2 aromatic rings. The average molecular weight is 325 g/mol. The van der Waals surface area contributed by atoms with Crippen LogP contribution in [0.1, 0.15) is 16.1 Å². The molecule has 0 atom stereocenters. The van der Waals surface area contributed by atoms with Gasteiger partial charge in [0, 0.05) is 36.9 Å². The van der Waals surface area contributed by atoms with Crippen molar-refractivity contribution in [1.29, 1.82) is 0 Å². The Hall–Kier alpha value is -1.62. The Labute approximate surface area is 119 Å². The number of aromatic nitrogens is 1. The molecular weight excluding hydrogens is 311 g/mol. The number of carbonyl (C=O) groups excluding carboxylic acids is 1. The topological polar surface area (TPSA) is 25.2 Å². The maximum Gasteiger partial charge on any atom is 0.270 e. The maximum absolute atomic E-state index is 13.5. The van der Waals surface area contributed by atoms with Crippen LogP contribution in [0.15, 0.2) is 41.0 Å². The zero-order valence-corrected chi connectivity index (χ0v) is 12.3. The molecule has 0 N–H and O–H groups in total. The number of halogens is 2. The number of rotatable bonds is 3. The lowest BCUT2D eigenvalue weighted by Gasteiger charge is -2.17. The minimum atomic E-state index is -0.296. The van der Waals surface area contributed by atoms with E-state index in [0.717, 1.165) is 4.47 Å². The highest BCUT2D eigenvalue weighted by atomic mass is 79.9. The van der Waals surface area contributed by atoms with Crippen molar-refractivity contribution in [2.24, 2.45) is 7.05 Å². The lowest BCUT2D eigenvalue weighted by Crippen LogP contribution is -2.28.